The fourth-order valence-corrected chi connectivity index (χ4v) is 2.61. The Balaban J connectivity index is 2.41. The van der Waals surface area contributed by atoms with Crippen molar-refractivity contribution in [3.8, 4) is 0 Å². The highest BCUT2D eigenvalue weighted by atomic mass is 79.9. The van der Waals surface area contributed by atoms with Gasteiger partial charge in [0.05, 0.1) is 23.4 Å². The number of aromatic carboxylic acids is 1. The fraction of sp³-hybridized carbons (Fsp3) is 0.438. The molecule has 0 atom stereocenters. The summed E-state index contributed by atoms with van der Waals surface area (Å²) in [7, 11) is -0.717. The van der Waals surface area contributed by atoms with Crippen molar-refractivity contribution in [1.82, 2.24) is 0 Å². The number of carboxylic acids is 1. The van der Waals surface area contributed by atoms with Gasteiger partial charge in [0, 0.05) is 4.47 Å². The Bertz CT molecular complexity index is 638. The van der Waals surface area contributed by atoms with Crippen LogP contribution in [0.3, 0.4) is 0 Å². The van der Waals surface area contributed by atoms with Crippen molar-refractivity contribution < 1.29 is 24.3 Å². The smallest absolute Gasteiger partial charge is 0.478 e. The molecular formula is C16H20BBrO5. The number of carboxylic acid groups (broad SMARTS) is 1. The molecule has 5 nitrogen and oxygen atoms in total. The summed E-state index contributed by atoms with van der Waals surface area (Å²) in [5, 5.41) is 19.0. The second-order valence-electron chi connectivity index (χ2n) is 6.50. The van der Waals surface area contributed by atoms with E-state index in [1.54, 1.807) is 18.2 Å². The van der Waals surface area contributed by atoms with Crippen molar-refractivity contribution >= 4 is 35.1 Å². The Kier molecular flexibility index (Phi) is 5.06. The van der Waals surface area contributed by atoms with Crippen LogP contribution in [0.2, 0.25) is 0 Å². The van der Waals surface area contributed by atoms with Crippen LogP contribution in [0.1, 0.15) is 43.6 Å². The SMILES string of the molecule is CC1(C)OB(C(=Cc2cc(Br)ccc2C(=O)O)CO)OC1(C)C. The summed E-state index contributed by atoms with van der Waals surface area (Å²) in [6.07, 6.45) is 1.61. The van der Waals surface area contributed by atoms with E-state index in [2.05, 4.69) is 15.9 Å². The third-order valence-electron chi connectivity index (χ3n) is 4.32. The van der Waals surface area contributed by atoms with Crippen molar-refractivity contribution in [3.63, 3.8) is 0 Å². The molecule has 0 aliphatic carbocycles. The van der Waals surface area contributed by atoms with Gasteiger partial charge in [-0.1, -0.05) is 22.0 Å². The van der Waals surface area contributed by atoms with Gasteiger partial charge in [-0.3, -0.25) is 0 Å². The number of rotatable bonds is 4. The highest BCUT2D eigenvalue weighted by Crippen LogP contribution is 2.38. The predicted octanol–water partition coefficient (Wildman–Crippen LogP) is 3.15. The second kappa shape index (κ2) is 6.40. The van der Waals surface area contributed by atoms with Gasteiger partial charge < -0.3 is 19.5 Å². The maximum atomic E-state index is 11.4. The first kappa shape index (κ1) is 18.2. The number of benzene rings is 1. The molecule has 1 saturated heterocycles. The zero-order chi connectivity index (χ0) is 17.4. The van der Waals surface area contributed by atoms with E-state index in [0.717, 1.165) is 4.47 Å². The van der Waals surface area contributed by atoms with Crippen LogP contribution in [0.4, 0.5) is 0 Å². The van der Waals surface area contributed by atoms with Crippen LogP contribution < -0.4 is 0 Å². The number of halogens is 1. The maximum absolute atomic E-state index is 11.4. The number of aliphatic hydroxyl groups excluding tert-OH is 1. The minimum absolute atomic E-state index is 0.149. The summed E-state index contributed by atoms with van der Waals surface area (Å²) in [4.78, 5) is 11.4. The van der Waals surface area contributed by atoms with Crippen LogP contribution in [-0.4, -0.2) is 41.1 Å². The van der Waals surface area contributed by atoms with Gasteiger partial charge in [-0.2, -0.15) is 0 Å². The molecule has 0 bridgehead atoms. The van der Waals surface area contributed by atoms with Gasteiger partial charge in [0.1, 0.15) is 0 Å². The third kappa shape index (κ3) is 3.69. The average Bonchev–Trinajstić information content (AvgIpc) is 2.64. The van der Waals surface area contributed by atoms with Crippen molar-refractivity contribution in [2.75, 3.05) is 6.61 Å². The maximum Gasteiger partial charge on any atom is 0.492 e. The van der Waals surface area contributed by atoms with Gasteiger partial charge in [0.2, 0.25) is 0 Å². The molecular weight excluding hydrogens is 363 g/mol. The van der Waals surface area contributed by atoms with Gasteiger partial charge in [0.15, 0.2) is 0 Å². The first-order valence-corrected chi connectivity index (χ1v) is 8.06. The van der Waals surface area contributed by atoms with E-state index in [1.165, 1.54) is 6.07 Å². The van der Waals surface area contributed by atoms with Crippen molar-refractivity contribution in [3.05, 3.63) is 39.3 Å². The average molecular weight is 383 g/mol. The van der Waals surface area contributed by atoms with Crippen LogP contribution >= 0.6 is 15.9 Å². The van der Waals surface area contributed by atoms with E-state index in [-0.39, 0.29) is 12.2 Å². The van der Waals surface area contributed by atoms with E-state index >= 15 is 0 Å². The van der Waals surface area contributed by atoms with E-state index in [1.807, 2.05) is 27.7 Å². The molecule has 7 heteroatoms. The lowest BCUT2D eigenvalue weighted by molar-refractivity contribution is 0.00578. The Hall–Kier alpha value is -1.15. The van der Waals surface area contributed by atoms with Gasteiger partial charge >= 0.3 is 13.1 Å². The minimum atomic E-state index is -1.03. The van der Waals surface area contributed by atoms with E-state index in [9.17, 15) is 15.0 Å². The molecule has 0 amide bonds. The normalized spacial score (nSPS) is 19.9. The van der Waals surface area contributed by atoms with Crippen LogP contribution in [0.5, 0.6) is 0 Å². The largest absolute Gasteiger partial charge is 0.492 e. The van der Waals surface area contributed by atoms with Gasteiger partial charge in [-0.25, -0.2) is 4.79 Å². The van der Waals surface area contributed by atoms with Gasteiger partial charge in [0.25, 0.3) is 0 Å². The molecule has 0 unspecified atom stereocenters. The second-order valence-corrected chi connectivity index (χ2v) is 7.42. The summed E-state index contributed by atoms with van der Waals surface area (Å²) < 4.78 is 12.6. The van der Waals surface area contributed by atoms with E-state index in [0.29, 0.717) is 11.0 Å². The molecule has 1 aromatic rings. The molecule has 23 heavy (non-hydrogen) atoms. The first-order chi connectivity index (χ1) is 10.6. The summed E-state index contributed by atoms with van der Waals surface area (Å²) in [5.74, 6) is -1.03. The number of hydrogen-bond donors (Lipinski definition) is 2. The zero-order valence-corrected chi connectivity index (χ0v) is 15.2. The van der Waals surface area contributed by atoms with Crippen molar-refractivity contribution in [2.24, 2.45) is 0 Å². The molecule has 2 N–H and O–H groups in total. The molecule has 124 valence electrons. The van der Waals surface area contributed by atoms with Crippen LogP contribution in [-0.2, 0) is 9.31 Å². The summed E-state index contributed by atoms with van der Waals surface area (Å²) in [5.41, 5.74) is 0.0445. The summed E-state index contributed by atoms with van der Waals surface area (Å²) in [6, 6.07) is 4.86. The third-order valence-corrected chi connectivity index (χ3v) is 4.82. The summed E-state index contributed by atoms with van der Waals surface area (Å²) >= 11 is 3.33. The molecule has 0 spiro atoms. The molecule has 0 aromatic heterocycles. The zero-order valence-electron chi connectivity index (χ0n) is 13.6. The Labute approximate surface area is 144 Å². The predicted molar refractivity (Wildman–Crippen MR) is 92.2 cm³/mol. The van der Waals surface area contributed by atoms with Gasteiger partial charge in [-0.05, 0) is 56.9 Å². The van der Waals surface area contributed by atoms with Crippen LogP contribution in [0.15, 0.2) is 28.1 Å². The topological polar surface area (TPSA) is 76.0 Å². The molecule has 2 rings (SSSR count). The summed E-state index contributed by atoms with van der Waals surface area (Å²) in [6.45, 7) is 7.39. The fourth-order valence-electron chi connectivity index (χ4n) is 2.23. The lowest BCUT2D eigenvalue weighted by atomic mass is 9.77. The quantitative estimate of drug-likeness (QED) is 0.782. The van der Waals surface area contributed by atoms with E-state index in [4.69, 9.17) is 9.31 Å². The first-order valence-electron chi connectivity index (χ1n) is 7.27. The number of hydrogen-bond acceptors (Lipinski definition) is 4. The van der Waals surface area contributed by atoms with Crippen LogP contribution in [0, 0.1) is 0 Å². The standard InChI is InChI=1S/C16H20BBrO5/c1-15(2)16(3,4)23-17(22-15)11(9-19)7-10-8-12(18)5-6-13(10)14(20)21/h5-8,19H,9H2,1-4H3,(H,20,21). The highest BCUT2D eigenvalue weighted by Gasteiger charge is 2.52. The Morgan fingerprint density at radius 1 is 1.26 bits per heavy atom. The van der Waals surface area contributed by atoms with Crippen molar-refractivity contribution in [1.29, 1.82) is 0 Å². The molecule has 1 aliphatic heterocycles. The molecule has 1 fully saturated rings. The molecule has 1 heterocycles. The number of aliphatic hydroxyl groups is 1. The lowest BCUT2D eigenvalue weighted by Crippen LogP contribution is -2.41. The van der Waals surface area contributed by atoms with Crippen LogP contribution in [0.25, 0.3) is 6.08 Å². The Morgan fingerprint density at radius 3 is 2.30 bits per heavy atom. The minimum Gasteiger partial charge on any atom is -0.478 e. The van der Waals surface area contributed by atoms with E-state index < -0.39 is 24.3 Å². The monoisotopic (exact) mass is 382 g/mol. The molecule has 0 saturated carbocycles. The highest BCUT2D eigenvalue weighted by molar-refractivity contribution is 9.10. The molecule has 1 aliphatic rings. The molecule has 1 aromatic carbocycles. The number of carbonyl (C=O) groups is 1. The molecule has 0 radical (unpaired) electrons. The van der Waals surface area contributed by atoms with Gasteiger partial charge in [-0.15, -0.1) is 0 Å². The van der Waals surface area contributed by atoms with Crippen molar-refractivity contribution in [2.45, 2.75) is 38.9 Å². The Morgan fingerprint density at radius 2 is 1.83 bits per heavy atom. The lowest BCUT2D eigenvalue weighted by Gasteiger charge is -2.32.